The monoisotopic (exact) mass is 481 g/mol. The Morgan fingerprint density at radius 1 is 1.00 bits per heavy atom. The third kappa shape index (κ3) is 5.81. The zero-order chi connectivity index (χ0) is 23.8. The van der Waals surface area contributed by atoms with Crippen molar-refractivity contribution in [3.8, 4) is 0 Å². The van der Waals surface area contributed by atoms with Crippen LogP contribution in [0.15, 0.2) is 59.5 Å². The molecular formula is C23H30O7PS+. The van der Waals surface area contributed by atoms with Gasteiger partial charge in [-0.1, -0.05) is 52.6 Å². The molecule has 174 valence electrons. The maximum atomic E-state index is 13.0. The van der Waals surface area contributed by atoms with E-state index in [4.69, 9.17) is 13.7 Å². The van der Waals surface area contributed by atoms with Gasteiger partial charge in [-0.2, -0.15) is 8.42 Å². The van der Waals surface area contributed by atoms with Crippen molar-refractivity contribution in [1.82, 2.24) is 0 Å². The summed E-state index contributed by atoms with van der Waals surface area (Å²) in [5.74, 6) is -0.725. The van der Waals surface area contributed by atoms with Crippen LogP contribution in [0.4, 0.5) is 0 Å². The zero-order valence-electron chi connectivity index (χ0n) is 18.8. The SMILES string of the molecule is CCOC(=O)C(C)(OCC)C(COS(=O)(=O)c1ccc(C)cc1)(Cc1ccccc1)[PH+]=O. The third-order valence-corrected chi connectivity index (χ3v) is 7.79. The van der Waals surface area contributed by atoms with Gasteiger partial charge in [0, 0.05) is 13.0 Å². The molecule has 2 aromatic rings. The molecule has 0 aliphatic carbocycles. The first-order valence-corrected chi connectivity index (χ1v) is 12.7. The van der Waals surface area contributed by atoms with Crippen molar-refractivity contribution in [2.75, 3.05) is 19.8 Å². The Morgan fingerprint density at radius 3 is 2.16 bits per heavy atom. The standard InChI is InChI=1S/C23H29O7PS/c1-5-28-21(24)22(4,29-6-2)23(31-25,16-19-10-8-7-9-11-19)17-30-32(26,27)20-14-12-18(3)13-15-20/h7-15H,5-6,16-17H2,1-4H3/p+1. The van der Waals surface area contributed by atoms with E-state index in [1.165, 1.54) is 19.1 Å². The summed E-state index contributed by atoms with van der Waals surface area (Å²) < 4.78 is 54.9. The topological polar surface area (TPSA) is 96.0 Å². The normalized spacial score (nSPS) is 15.6. The Balaban J connectivity index is 2.52. The van der Waals surface area contributed by atoms with E-state index >= 15 is 0 Å². The highest BCUT2D eigenvalue weighted by Gasteiger charge is 2.63. The van der Waals surface area contributed by atoms with Crippen LogP contribution >= 0.6 is 8.46 Å². The van der Waals surface area contributed by atoms with E-state index in [-0.39, 0.29) is 24.5 Å². The highest BCUT2D eigenvalue weighted by Crippen LogP contribution is 2.43. The van der Waals surface area contributed by atoms with Gasteiger partial charge in [0.25, 0.3) is 10.1 Å². The fourth-order valence-corrected chi connectivity index (χ4v) is 5.21. The number of ether oxygens (including phenoxy) is 2. The van der Waals surface area contributed by atoms with E-state index in [0.717, 1.165) is 11.1 Å². The van der Waals surface area contributed by atoms with Gasteiger partial charge >= 0.3 is 14.4 Å². The Labute approximate surface area is 191 Å². The van der Waals surface area contributed by atoms with Crippen molar-refractivity contribution in [1.29, 1.82) is 0 Å². The average Bonchev–Trinajstić information content (AvgIpc) is 2.78. The van der Waals surface area contributed by atoms with E-state index in [1.54, 1.807) is 50.2 Å². The van der Waals surface area contributed by atoms with Crippen molar-refractivity contribution in [3.05, 3.63) is 65.7 Å². The lowest BCUT2D eigenvalue weighted by Gasteiger charge is -2.37. The summed E-state index contributed by atoms with van der Waals surface area (Å²) in [5, 5.41) is -1.52. The zero-order valence-corrected chi connectivity index (χ0v) is 20.6. The third-order valence-electron chi connectivity index (χ3n) is 5.33. The highest BCUT2D eigenvalue weighted by atomic mass is 32.2. The van der Waals surface area contributed by atoms with Gasteiger partial charge in [0.15, 0.2) is 0 Å². The first-order chi connectivity index (χ1) is 15.1. The Kier molecular flexibility index (Phi) is 9.10. The summed E-state index contributed by atoms with van der Waals surface area (Å²) in [6.45, 7) is 6.35. The van der Waals surface area contributed by atoms with E-state index in [1.807, 2.05) is 13.0 Å². The lowest BCUT2D eigenvalue weighted by atomic mass is 9.83. The van der Waals surface area contributed by atoms with Gasteiger partial charge < -0.3 is 9.47 Å². The molecule has 0 heterocycles. The second-order valence-corrected chi connectivity index (χ2v) is 10.3. The number of carbonyl (C=O) groups excluding carboxylic acids is 1. The molecule has 0 aromatic heterocycles. The Hall–Kier alpha value is -2.12. The summed E-state index contributed by atoms with van der Waals surface area (Å²) in [7, 11) is -5.29. The predicted octanol–water partition coefficient (Wildman–Crippen LogP) is 4.06. The number of hydrogen-bond acceptors (Lipinski definition) is 7. The predicted molar refractivity (Wildman–Crippen MR) is 123 cm³/mol. The molecule has 0 aliphatic rings. The number of hydrogen-bond donors (Lipinski definition) is 0. The lowest BCUT2D eigenvalue weighted by Crippen LogP contribution is -2.60. The minimum atomic E-state index is -4.17. The Bertz CT molecular complexity index is 1010. The van der Waals surface area contributed by atoms with Crippen LogP contribution in [0.25, 0.3) is 0 Å². The summed E-state index contributed by atoms with van der Waals surface area (Å²) in [6.07, 6.45) is 0.0779. The summed E-state index contributed by atoms with van der Waals surface area (Å²) >= 11 is 0. The summed E-state index contributed by atoms with van der Waals surface area (Å²) in [5.41, 5.74) is -0.0617. The van der Waals surface area contributed by atoms with Gasteiger partial charge in [-0.15, -0.1) is 0 Å². The summed E-state index contributed by atoms with van der Waals surface area (Å²) in [4.78, 5) is 13.0. The fraction of sp³-hybridized carbons (Fsp3) is 0.435. The van der Waals surface area contributed by atoms with Crippen molar-refractivity contribution in [3.63, 3.8) is 0 Å². The van der Waals surface area contributed by atoms with Crippen molar-refractivity contribution >= 4 is 24.5 Å². The molecule has 0 radical (unpaired) electrons. The first kappa shape index (κ1) is 26.1. The van der Waals surface area contributed by atoms with Gasteiger partial charge in [0.1, 0.15) is 6.61 Å². The van der Waals surface area contributed by atoms with Gasteiger partial charge in [0.2, 0.25) is 10.8 Å². The highest BCUT2D eigenvalue weighted by molar-refractivity contribution is 7.86. The molecule has 2 rings (SSSR count). The first-order valence-electron chi connectivity index (χ1n) is 10.3. The number of rotatable bonds is 12. The van der Waals surface area contributed by atoms with E-state index < -0.39 is 41.9 Å². The molecule has 0 spiro atoms. The molecule has 0 fully saturated rings. The molecule has 3 atom stereocenters. The van der Waals surface area contributed by atoms with Crippen molar-refractivity contribution in [2.45, 2.75) is 49.8 Å². The lowest BCUT2D eigenvalue weighted by molar-refractivity contribution is -0.176. The maximum absolute atomic E-state index is 13.0. The van der Waals surface area contributed by atoms with Crippen LogP contribution in [-0.4, -0.2) is 45.0 Å². The van der Waals surface area contributed by atoms with Crippen LogP contribution in [-0.2, 0) is 39.6 Å². The van der Waals surface area contributed by atoms with E-state index in [2.05, 4.69) is 0 Å². The number of carbonyl (C=O) groups is 1. The van der Waals surface area contributed by atoms with Crippen LogP contribution < -0.4 is 0 Å². The molecule has 0 saturated carbocycles. The molecule has 0 bridgehead atoms. The number of esters is 1. The van der Waals surface area contributed by atoms with Gasteiger partial charge in [-0.25, -0.2) is 4.79 Å². The minimum Gasteiger partial charge on any atom is -0.464 e. The second-order valence-electron chi connectivity index (χ2n) is 7.56. The van der Waals surface area contributed by atoms with Gasteiger partial charge in [-0.3, -0.25) is 4.18 Å². The number of benzene rings is 2. The molecule has 2 aromatic carbocycles. The van der Waals surface area contributed by atoms with Gasteiger partial charge in [0.05, 0.1) is 11.5 Å². The van der Waals surface area contributed by atoms with Crippen LogP contribution in [0.1, 0.15) is 31.9 Å². The molecule has 9 heteroatoms. The van der Waals surface area contributed by atoms with E-state index in [0.29, 0.717) is 0 Å². The van der Waals surface area contributed by atoms with E-state index in [9.17, 15) is 17.8 Å². The van der Waals surface area contributed by atoms with Crippen LogP contribution in [0.2, 0.25) is 0 Å². The summed E-state index contributed by atoms with van der Waals surface area (Å²) in [6, 6.07) is 15.3. The fourth-order valence-electron chi connectivity index (χ4n) is 3.37. The Morgan fingerprint density at radius 2 is 1.62 bits per heavy atom. The van der Waals surface area contributed by atoms with Crippen LogP contribution in [0, 0.1) is 6.92 Å². The average molecular weight is 482 g/mol. The second kappa shape index (κ2) is 11.1. The molecule has 7 nitrogen and oxygen atoms in total. The van der Waals surface area contributed by atoms with Crippen LogP contribution in [0.5, 0.6) is 0 Å². The smallest absolute Gasteiger partial charge is 0.343 e. The quantitative estimate of drug-likeness (QED) is 0.256. The minimum absolute atomic E-state index is 0.0276. The van der Waals surface area contributed by atoms with Gasteiger partial charge in [-0.05, 0) is 45.4 Å². The largest absolute Gasteiger partial charge is 0.464 e. The molecule has 32 heavy (non-hydrogen) atoms. The van der Waals surface area contributed by atoms with Crippen molar-refractivity contribution in [2.24, 2.45) is 0 Å². The molecular weight excluding hydrogens is 451 g/mol. The molecule has 3 unspecified atom stereocenters. The molecule has 0 saturated heterocycles. The van der Waals surface area contributed by atoms with Crippen molar-refractivity contribution < 1.29 is 31.4 Å². The molecule has 0 amide bonds. The number of aryl methyl sites for hydroxylation is 1. The maximum Gasteiger partial charge on any atom is 0.343 e. The molecule has 0 N–H and O–H groups in total. The molecule has 0 aliphatic heterocycles. The van der Waals surface area contributed by atoms with Crippen LogP contribution in [0.3, 0.4) is 0 Å².